The number of aromatic nitrogens is 2. The first kappa shape index (κ1) is 6.54. The molecule has 1 aromatic rings. The van der Waals surface area contributed by atoms with Gasteiger partial charge in [-0.3, -0.25) is 4.90 Å². The molecule has 0 atom stereocenters. The molecule has 1 aromatic heterocycles. The van der Waals surface area contributed by atoms with E-state index in [1.165, 1.54) is 24.1 Å². The van der Waals surface area contributed by atoms with Gasteiger partial charge in [-0.25, -0.2) is 9.97 Å². The first-order chi connectivity index (χ1) is 5.93. The molecular formula is C9H10N3. The van der Waals surface area contributed by atoms with Crippen molar-refractivity contribution in [3.63, 3.8) is 0 Å². The van der Waals surface area contributed by atoms with Gasteiger partial charge in [-0.2, -0.15) is 0 Å². The summed E-state index contributed by atoms with van der Waals surface area (Å²) in [4.78, 5) is 10.6. The number of hydrogen-bond acceptors (Lipinski definition) is 3. The second-order valence-corrected chi connectivity index (χ2v) is 3.55. The highest BCUT2D eigenvalue weighted by molar-refractivity contribution is 5.20. The van der Waals surface area contributed by atoms with E-state index in [9.17, 15) is 0 Å². The van der Waals surface area contributed by atoms with E-state index in [-0.39, 0.29) is 0 Å². The molecule has 0 spiro atoms. The Kier molecular flexibility index (Phi) is 1.23. The van der Waals surface area contributed by atoms with Crippen molar-refractivity contribution in [2.24, 2.45) is 0 Å². The van der Waals surface area contributed by atoms with Crippen molar-refractivity contribution in [2.45, 2.75) is 32.0 Å². The Morgan fingerprint density at radius 1 is 1.42 bits per heavy atom. The minimum atomic E-state index is 0.826. The molecule has 3 heteroatoms. The fourth-order valence-corrected chi connectivity index (χ4v) is 1.76. The van der Waals surface area contributed by atoms with Gasteiger partial charge in [0.2, 0.25) is 0 Å². The molecule has 61 valence electrons. The van der Waals surface area contributed by atoms with Crippen LogP contribution in [-0.4, -0.2) is 20.9 Å². The normalized spacial score (nSPS) is 22.7. The summed E-state index contributed by atoms with van der Waals surface area (Å²) >= 11 is 0. The Balaban J connectivity index is 1.89. The molecule has 12 heavy (non-hydrogen) atoms. The van der Waals surface area contributed by atoms with Gasteiger partial charge in [-0.05, 0) is 12.8 Å². The van der Waals surface area contributed by atoms with E-state index >= 15 is 0 Å². The summed E-state index contributed by atoms with van der Waals surface area (Å²) in [7, 11) is 0. The third kappa shape index (κ3) is 0.932. The van der Waals surface area contributed by atoms with Crippen LogP contribution in [-0.2, 0) is 13.1 Å². The third-order valence-corrected chi connectivity index (χ3v) is 2.60. The van der Waals surface area contributed by atoms with Crippen LogP contribution < -0.4 is 0 Å². The Bertz CT molecular complexity index is 281. The lowest BCUT2D eigenvalue weighted by molar-refractivity contribution is 0.271. The highest BCUT2D eigenvalue weighted by Crippen LogP contribution is 2.33. The zero-order valence-corrected chi connectivity index (χ0v) is 6.82. The largest absolute Gasteiger partial charge is 0.290 e. The summed E-state index contributed by atoms with van der Waals surface area (Å²) in [6, 6.07) is 0.826. The maximum absolute atomic E-state index is 4.24. The van der Waals surface area contributed by atoms with Crippen molar-refractivity contribution in [1.82, 2.24) is 14.9 Å². The summed E-state index contributed by atoms with van der Waals surface area (Å²) in [5.74, 6) is 0. The number of nitrogens with zero attached hydrogens (tertiary/aromatic N) is 3. The third-order valence-electron chi connectivity index (χ3n) is 2.60. The van der Waals surface area contributed by atoms with E-state index in [0.29, 0.717) is 0 Å². The van der Waals surface area contributed by atoms with Crippen LogP contribution in [0, 0.1) is 6.20 Å². The van der Waals surface area contributed by atoms with Gasteiger partial charge in [0.15, 0.2) is 0 Å². The predicted octanol–water partition coefficient (Wildman–Crippen LogP) is 0.755. The molecule has 1 aliphatic heterocycles. The van der Waals surface area contributed by atoms with Gasteiger partial charge in [-0.15, -0.1) is 0 Å². The Morgan fingerprint density at radius 2 is 2.33 bits per heavy atom. The lowest BCUT2D eigenvalue weighted by Crippen LogP contribution is -2.18. The molecule has 2 heterocycles. The van der Waals surface area contributed by atoms with E-state index in [4.69, 9.17) is 0 Å². The lowest BCUT2D eigenvalue weighted by Gasteiger charge is -2.11. The molecule has 0 N–H and O–H groups in total. The first-order valence-electron chi connectivity index (χ1n) is 4.38. The second kappa shape index (κ2) is 2.26. The highest BCUT2D eigenvalue weighted by Gasteiger charge is 2.33. The summed E-state index contributed by atoms with van der Waals surface area (Å²) in [5, 5.41) is 0. The van der Waals surface area contributed by atoms with Crippen LogP contribution >= 0.6 is 0 Å². The quantitative estimate of drug-likeness (QED) is 0.607. The molecule has 1 fully saturated rings. The lowest BCUT2D eigenvalue weighted by atomic mass is 10.3. The molecule has 2 aliphatic rings. The van der Waals surface area contributed by atoms with Crippen molar-refractivity contribution in [3.8, 4) is 0 Å². The molecule has 1 aliphatic carbocycles. The fraction of sp³-hybridized carbons (Fsp3) is 0.556. The maximum Gasteiger partial charge on any atom is 0.116 e. The zero-order chi connectivity index (χ0) is 7.97. The monoisotopic (exact) mass is 160 g/mol. The molecule has 0 unspecified atom stereocenters. The van der Waals surface area contributed by atoms with E-state index in [1.54, 1.807) is 6.33 Å². The first-order valence-corrected chi connectivity index (χ1v) is 4.38. The summed E-state index contributed by atoms with van der Waals surface area (Å²) in [6.45, 7) is 2.03. The van der Waals surface area contributed by atoms with Gasteiger partial charge in [0.1, 0.15) is 6.33 Å². The second-order valence-electron chi connectivity index (χ2n) is 3.55. The number of rotatable bonds is 1. The molecule has 3 nitrogen and oxygen atoms in total. The van der Waals surface area contributed by atoms with Crippen LogP contribution in [0.3, 0.4) is 0 Å². The van der Waals surface area contributed by atoms with E-state index in [0.717, 1.165) is 19.1 Å². The van der Waals surface area contributed by atoms with Crippen molar-refractivity contribution >= 4 is 0 Å². The fourth-order valence-electron chi connectivity index (χ4n) is 1.76. The Morgan fingerprint density at radius 3 is 3.08 bits per heavy atom. The van der Waals surface area contributed by atoms with Gasteiger partial charge in [-0.1, -0.05) is 0 Å². The smallest absolute Gasteiger partial charge is 0.116 e. The van der Waals surface area contributed by atoms with Gasteiger partial charge < -0.3 is 0 Å². The highest BCUT2D eigenvalue weighted by atomic mass is 15.2. The van der Waals surface area contributed by atoms with Crippen molar-refractivity contribution in [3.05, 3.63) is 23.8 Å². The van der Waals surface area contributed by atoms with Crippen LogP contribution in [0.25, 0.3) is 0 Å². The Labute approximate surface area is 71.4 Å². The molecule has 1 saturated carbocycles. The van der Waals surface area contributed by atoms with Crippen molar-refractivity contribution in [2.75, 3.05) is 0 Å². The van der Waals surface area contributed by atoms with Crippen LogP contribution in [0.4, 0.5) is 0 Å². The topological polar surface area (TPSA) is 29.0 Å². The molecule has 0 bridgehead atoms. The summed E-state index contributed by atoms with van der Waals surface area (Å²) < 4.78 is 0. The van der Waals surface area contributed by atoms with Crippen molar-refractivity contribution in [1.29, 1.82) is 0 Å². The van der Waals surface area contributed by atoms with Gasteiger partial charge in [0, 0.05) is 24.7 Å². The molecule has 0 aromatic carbocycles. The van der Waals surface area contributed by atoms with Crippen molar-refractivity contribution < 1.29 is 0 Å². The average molecular weight is 160 g/mol. The van der Waals surface area contributed by atoms with Gasteiger partial charge >= 0.3 is 0 Å². The molecular weight excluding hydrogens is 150 g/mol. The SMILES string of the molecule is [c]1ncnc2c1CN(C1CC1)C2. The van der Waals surface area contributed by atoms with Gasteiger partial charge in [0.05, 0.1) is 11.9 Å². The minimum absolute atomic E-state index is 0.826. The molecule has 1 radical (unpaired) electrons. The zero-order valence-electron chi connectivity index (χ0n) is 6.82. The van der Waals surface area contributed by atoms with Crippen LogP contribution in [0.5, 0.6) is 0 Å². The van der Waals surface area contributed by atoms with Crippen LogP contribution in [0.1, 0.15) is 24.1 Å². The van der Waals surface area contributed by atoms with E-state index in [1.807, 2.05) is 0 Å². The number of fused-ring (bicyclic) bond motifs is 1. The van der Waals surface area contributed by atoms with Gasteiger partial charge in [0.25, 0.3) is 0 Å². The van der Waals surface area contributed by atoms with Crippen LogP contribution in [0.15, 0.2) is 6.33 Å². The molecule has 3 rings (SSSR count). The maximum atomic E-state index is 4.24. The standard InChI is InChI=1S/C9H10N3/c1-2-8(1)12-4-7-3-10-6-11-9(7)5-12/h6,8H,1-2,4-5H2. The summed E-state index contributed by atoms with van der Waals surface area (Å²) in [5.41, 5.74) is 2.38. The average Bonchev–Trinajstić information content (AvgIpc) is 2.85. The molecule has 0 saturated heterocycles. The predicted molar refractivity (Wildman–Crippen MR) is 43.1 cm³/mol. The minimum Gasteiger partial charge on any atom is -0.290 e. The van der Waals surface area contributed by atoms with E-state index in [2.05, 4.69) is 21.1 Å². The molecule has 0 amide bonds. The summed E-state index contributed by atoms with van der Waals surface area (Å²) in [6.07, 6.45) is 7.32. The van der Waals surface area contributed by atoms with Crippen LogP contribution in [0.2, 0.25) is 0 Å². The number of hydrogen-bond donors (Lipinski definition) is 0. The van der Waals surface area contributed by atoms with E-state index < -0.39 is 0 Å². The Hall–Kier alpha value is -0.960.